The molecular weight excluding hydrogens is 452 g/mol. The zero-order chi connectivity index (χ0) is 24.5. The lowest BCUT2D eigenvalue weighted by atomic mass is 10.1. The summed E-state index contributed by atoms with van der Waals surface area (Å²) in [5.74, 6) is -0.412. The monoisotopic (exact) mass is 476 g/mol. The van der Waals surface area contributed by atoms with Crippen molar-refractivity contribution in [3.63, 3.8) is 0 Å². The van der Waals surface area contributed by atoms with Crippen LogP contribution in [0.1, 0.15) is 33.8 Å². The highest BCUT2D eigenvalue weighted by molar-refractivity contribution is 6.10. The number of hydrogen-bond acceptors (Lipinski definition) is 4. The van der Waals surface area contributed by atoms with Crippen molar-refractivity contribution in [1.82, 2.24) is 30.6 Å². The first-order valence-corrected chi connectivity index (χ1v) is 12.0. The zero-order valence-corrected chi connectivity index (χ0v) is 19.5. The molecule has 4 heterocycles. The van der Waals surface area contributed by atoms with Gasteiger partial charge in [0.05, 0.1) is 23.4 Å². The van der Waals surface area contributed by atoms with Crippen molar-refractivity contribution in [2.45, 2.75) is 12.8 Å². The number of nitrogens with one attached hydrogen (secondary N) is 4. The molecule has 0 saturated carbocycles. The van der Waals surface area contributed by atoms with Gasteiger partial charge in [-0.3, -0.25) is 9.59 Å². The second-order valence-corrected chi connectivity index (χ2v) is 8.79. The number of aromatic nitrogens is 4. The molecule has 0 spiro atoms. The van der Waals surface area contributed by atoms with E-state index in [1.54, 1.807) is 12.4 Å². The van der Waals surface area contributed by atoms with E-state index in [0.29, 0.717) is 24.5 Å². The molecule has 6 aromatic rings. The number of carbonyl (C=O) groups is 2. The zero-order valence-electron chi connectivity index (χ0n) is 19.5. The van der Waals surface area contributed by atoms with Gasteiger partial charge in [0.15, 0.2) is 0 Å². The molecule has 0 saturated heterocycles. The second-order valence-electron chi connectivity index (χ2n) is 8.79. The van der Waals surface area contributed by atoms with Crippen molar-refractivity contribution in [2.75, 3.05) is 13.1 Å². The largest absolute Gasteiger partial charge is 0.353 e. The minimum absolute atomic E-state index is 0.206. The van der Waals surface area contributed by atoms with E-state index in [0.717, 1.165) is 56.5 Å². The molecule has 4 N–H and O–H groups in total. The number of aromatic amines is 2. The van der Waals surface area contributed by atoms with Crippen molar-refractivity contribution in [3.8, 4) is 0 Å². The number of nitrogens with zero attached hydrogens (tertiary/aromatic N) is 2. The van der Waals surface area contributed by atoms with Gasteiger partial charge in [-0.15, -0.1) is 0 Å². The first-order chi connectivity index (χ1) is 17.7. The lowest BCUT2D eigenvalue weighted by molar-refractivity contribution is 0.0935. The molecule has 2 aromatic carbocycles. The summed E-state index contributed by atoms with van der Waals surface area (Å²) in [7, 11) is 0. The molecule has 0 aliphatic rings. The fourth-order valence-electron chi connectivity index (χ4n) is 4.58. The summed E-state index contributed by atoms with van der Waals surface area (Å²) in [4.78, 5) is 40.4. The van der Waals surface area contributed by atoms with E-state index in [2.05, 4.69) is 30.6 Å². The van der Waals surface area contributed by atoms with Crippen molar-refractivity contribution >= 4 is 55.4 Å². The summed E-state index contributed by atoms with van der Waals surface area (Å²) in [6.45, 7) is 1.00. The van der Waals surface area contributed by atoms with Gasteiger partial charge in [-0.25, -0.2) is 9.97 Å². The summed E-state index contributed by atoms with van der Waals surface area (Å²) in [6, 6.07) is 19.6. The van der Waals surface area contributed by atoms with Gasteiger partial charge in [0.1, 0.15) is 11.4 Å². The molecule has 4 aromatic heterocycles. The lowest BCUT2D eigenvalue weighted by Crippen LogP contribution is -2.28. The van der Waals surface area contributed by atoms with Gasteiger partial charge in [-0.2, -0.15) is 0 Å². The third-order valence-electron chi connectivity index (χ3n) is 6.42. The van der Waals surface area contributed by atoms with Gasteiger partial charge in [0.2, 0.25) is 0 Å². The maximum atomic E-state index is 12.6. The Hall–Kier alpha value is -4.72. The summed E-state index contributed by atoms with van der Waals surface area (Å²) >= 11 is 0. The van der Waals surface area contributed by atoms with E-state index in [9.17, 15) is 9.59 Å². The van der Waals surface area contributed by atoms with Gasteiger partial charge < -0.3 is 20.6 Å². The Labute approximate surface area is 206 Å². The number of amides is 2. The molecular formula is C28H24N6O2. The summed E-state index contributed by atoms with van der Waals surface area (Å²) in [6.07, 6.45) is 4.86. The fourth-order valence-corrected chi connectivity index (χ4v) is 4.58. The van der Waals surface area contributed by atoms with E-state index in [4.69, 9.17) is 0 Å². The van der Waals surface area contributed by atoms with Crippen molar-refractivity contribution < 1.29 is 9.59 Å². The van der Waals surface area contributed by atoms with Crippen LogP contribution >= 0.6 is 0 Å². The molecule has 0 unspecified atom stereocenters. The molecule has 2 amide bonds. The molecule has 8 nitrogen and oxygen atoms in total. The normalized spacial score (nSPS) is 11.4. The first-order valence-electron chi connectivity index (χ1n) is 12.0. The Morgan fingerprint density at radius 1 is 0.611 bits per heavy atom. The predicted molar refractivity (Wildman–Crippen MR) is 141 cm³/mol. The van der Waals surface area contributed by atoms with Gasteiger partial charge >= 0.3 is 0 Å². The number of unbranched alkanes of at least 4 members (excludes halogenated alkanes) is 1. The molecule has 0 aliphatic heterocycles. The molecule has 8 heteroatoms. The average molecular weight is 477 g/mol. The SMILES string of the molecule is O=C(NCCCCNC(=O)c1cc2c(cn1)[nH]c1ccccc12)c1cc2c(cn1)[nH]c1ccccc12. The van der Waals surface area contributed by atoms with Crippen molar-refractivity contribution in [1.29, 1.82) is 0 Å². The van der Waals surface area contributed by atoms with Gasteiger partial charge in [-0.05, 0) is 37.1 Å². The summed E-state index contributed by atoms with van der Waals surface area (Å²) in [5.41, 5.74) is 4.62. The molecule has 6 rings (SSSR count). The molecule has 0 bridgehead atoms. The topological polar surface area (TPSA) is 116 Å². The Bertz CT molecular complexity index is 1620. The number of pyridine rings is 2. The number of carbonyl (C=O) groups excluding carboxylic acids is 2. The van der Waals surface area contributed by atoms with Crippen LogP contribution in [-0.4, -0.2) is 44.8 Å². The van der Waals surface area contributed by atoms with Crippen LogP contribution in [-0.2, 0) is 0 Å². The Kier molecular flexibility index (Phi) is 5.53. The quantitative estimate of drug-likeness (QED) is 0.250. The van der Waals surface area contributed by atoms with Crippen LogP contribution in [0.15, 0.2) is 73.1 Å². The fraction of sp³-hybridized carbons (Fsp3) is 0.143. The van der Waals surface area contributed by atoms with Crippen LogP contribution in [0.4, 0.5) is 0 Å². The minimum Gasteiger partial charge on any atom is -0.353 e. The first kappa shape index (κ1) is 21.8. The van der Waals surface area contributed by atoms with E-state index in [1.807, 2.05) is 60.7 Å². The maximum absolute atomic E-state index is 12.6. The van der Waals surface area contributed by atoms with E-state index < -0.39 is 0 Å². The number of rotatable bonds is 7. The Morgan fingerprint density at radius 3 is 1.53 bits per heavy atom. The van der Waals surface area contributed by atoms with Crippen LogP contribution in [0, 0.1) is 0 Å². The Balaban J connectivity index is 1.00. The van der Waals surface area contributed by atoms with Crippen LogP contribution in [0.25, 0.3) is 43.6 Å². The van der Waals surface area contributed by atoms with E-state index >= 15 is 0 Å². The third-order valence-corrected chi connectivity index (χ3v) is 6.42. The van der Waals surface area contributed by atoms with E-state index in [1.165, 1.54) is 0 Å². The van der Waals surface area contributed by atoms with Crippen LogP contribution < -0.4 is 10.6 Å². The molecule has 0 atom stereocenters. The number of para-hydroxylation sites is 2. The minimum atomic E-state index is -0.206. The van der Waals surface area contributed by atoms with Crippen molar-refractivity contribution in [2.24, 2.45) is 0 Å². The Morgan fingerprint density at radius 2 is 1.06 bits per heavy atom. The third kappa shape index (κ3) is 4.02. The smallest absolute Gasteiger partial charge is 0.269 e. The number of H-pyrrole nitrogens is 2. The van der Waals surface area contributed by atoms with Crippen LogP contribution in [0.5, 0.6) is 0 Å². The highest BCUT2D eigenvalue weighted by atomic mass is 16.2. The summed E-state index contributed by atoms with van der Waals surface area (Å²) < 4.78 is 0. The summed E-state index contributed by atoms with van der Waals surface area (Å²) in [5, 5.41) is 9.93. The van der Waals surface area contributed by atoms with E-state index in [-0.39, 0.29) is 11.8 Å². The predicted octanol–water partition coefficient (Wildman–Crippen LogP) is 4.69. The number of hydrogen-bond donors (Lipinski definition) is 4. The van der Waals surface area contributed by atoms with Gasteiger partial charge in [0.25, 0.3) is 11.8 Å². The van der Waals surface area contributed by atoms with Crippen molar-refractivity contribution in [3.05, 3.63) is 84.4 Å². The molecule has 0 fully saturated rings. The highest BCUT2D eigenvalue weighted by Gasteiger charge is 2.12. The van der Waals surface area contributed by atoms with Crippen LogP contribution in [0.2, 0.25) is 0 Å². The van der Waals surface area contributed by atoms with Gasteiger partial charge in [-0.1, -0.05) is 36.4 Å². The maximum Gasteiger partial charge on any atom is 0.269 e. The lowest BCUT2D eigenvalue weighted by Gasteiger charge is -2.07. The molecule has 0 aliphatic carbocycles. The standard InChI is InChI=1S/C28H24N6O2/c35-27(23-13-19-17-7-1-3-9-21(17)33-25(19)15-31-23)29-11-5-6-12-30-28(36)24-14-20-18-8-2-4-10-22(18)34-26(20)16-32-24/h1-4,7-10,13-16,33-34H,5-6,11-12H2,(H,29,35)(H,30,36). The van der Waals surface area contributed by atoms with Gasteiger partial charge in [0, 0.05) is 45.7 Å². The molecule has 0 radical (unpaired) electrons. The average Bonchev–Trinajstić information content (AvgIpc) is 3.47. The molecule has 178 valence electrons. The number of fused-ring (bicyclic) bond motifs is 6. The van der Waals surface area contributed by atoms with Crippen LogP contribution in [0.3, 0.4) is 0 Å². The molecule has 36 heavy (non-hydrogen) atoms. The second kappa shape index (κ2) is 9.14. The number of benzene rings is 2. The highest BCUT2D eigenvalue weighted by Crippen LogP contribution is 2.26.